The van der Waals surface area contributed by atoms with Gasteiger partial charge in [0.05, 0.1) is 22.9 Å². The van der Waals surface area contributed by atoms with Crippen molar-refractivity contribution in [3.63, 3.8) is 0 Å². The zero-order valence-corrected chi connectivity index (χ0v) is 35.7. The van der Waals surface area contributed by atoms with E-state index in [0.717, 1.165) is 0 Å². The maximum Gasteiger partial charge on any atom is 0.408 e. The molecule has 0 radical (unpaired) electrons. The van der Waals surface area contributed by atoms with Gasteiger partial charge >= 0.3 is 6.09 Å². The van der Waals surface area contributed by atoms with Crippen LogP contribution in [-0.4, -0.2) is 89.2 Å². The summed E-state index contributed by atoms with van der Waals surface area (Å²) in [6.45, 7) is 10.9. The van der Waals surface area contributed by atoms with E-state index in [1.165, 1.54) is 24.1 Å². The topological polar surface area (TPSA) is 206 Å². The SMILES string of the molecule is CC[C@@H]1CCN(C(=O)C(NC(=O)OC2C[C@H]2CCCCC(F)(F)c2nc3ccc(OC)cc3[nH]c2=O)C(C)(C)C)[C@@H]1C(=O)NC1(C(=O)NS(=O)(=O)C2(C)CC2)C[C@H]1CC. The fourth-order valence-electron chi connectivity index (χ4n) is 8.36. The Morgan fingerprint density at radius 1 is 1.08 bits per heavy atom. The Morgan fingerprint density at radius 3 is 2.41 bits per heavy atom. The number of alkyl carbamates (subject to hydrolysis) is 1. The lowest BCUT2D eigenvalue weighted by Crippen LogP contribution is -2.61. The van der Waals surface area contributed by atoms with Crippen LogP contribution in [0.15, 0.2) is 23.0 Å². The van der Waals surface area contributed by atoms with Gasteiger partial charge in [-0.05, 0) is 87.2 Å². The molecule has 1 saturated heterocycles. The lowest BCUT2D eigenvalue weighted by atomic mass is 9.85. The van der Waals surface area contributed by atoms with Crippen LogP contribution in [0.5, 0.6) is 5.75 Å². The van der Waals surface area contributed by atoms with Crippen molar-refractivity contribution in [3.05, 3.63) is 34.2 Å². The van der Waals surface area contributed by atoms with E-state index in [1.807, 2.05) is 13.8 Å². The van der Waals surface area contributed by atoms with Crippen LogP contribution in [-0.2, 0) is 35.1 Å². The molecule has 2 heterocycles. The molecular formula is C41H58F2N6O9S. The van der Waals surface area contributed by atoms with E-state index in [1.54, 1.807) is 33.8 Å². The Labute approximate surface area is 343 Å². The minimum Gasteiger partial charge on any atom is -0.497 e. The van der Waals surface area contributed by atoms with Gasteiger partial charge in [0.2, 0.25) is 21.8 Å². The number of nitrogens with one attached hydrogen (secondary N) is 4. The highest BCUT2D eigenvalue weighted by Crippen LogP contribution is 2.48. The number of hydrogen-bond donors (Lipinski definition) is 4. The largest absolute Gasteiger partial charge is 0.497 e. The summed E-state index contributed by atoms with van der Waals surface area (Å²) < 4.78 is 68.1. The Morgan fingerprint density at radius 2 is 1.80 bits per heavy atom. The van der Waals surface area contributed by atoms with E-state index < -0.39 is 91.3 Å². The molecule has 4 aliphatic rings. The molecule has 4 amide bonds. The number of amides is 4. The van der Waals surface area contributed by atoms with Gasteiger partial charge in [-0.1, -0.05) is 53.9 Å². The molecule has 59 heavy (non-hydrogen) atoms. The van der Waals surface area contributed by atoms with Crippen LogP contribution in [0, 0.1) is 23.2 Å². The molecule has 0 spiro atoms. The molecule has 2 aromatic rings. The molecule has 3 saturated carbocycles. The highest BCUT2D eigenvalue weighted by molar-refractivity contribution is 7.91. The second kappa shape index (κ2) is 16.3. The van der Waals surface area contributed by atoms with Crippen molar-refractivity contribution in [2.24, 2.45) is 23.2 Å². The van der Waals surface area contributed by atoms with Crippen molar-refractivity contribution >= 4 is 44.9 Å². The summed E-state index contributed by atoms with van der Waals surface area (Å²) in [5.74, 6) is -5.34. The summed E-state index contributed by atoms with van der Waals surface area (Å²) in [5, 5.41) is 5.60. The molecule has 1 aromatic heterocycles. The lowest BCUT2D eigenvalue weighted by molar-refractivity contribution is -0.143. The first kappa shape index (κ1) is 44.2. The predicted octanol–water partition coefficient (Wildman–Crippen LogP) is 5.02. The summed E-state index contributed by atoms with van der Waals surface area (Å²) >= 11 is 0. The van der Waals surface area contributed by atoms with E-state index in [4.69, 9.17) is 9.47 Å². The molecule has 4 N–H and O–H groups in total. The third-order valence-electron chi connectivity index (χ3n) is 12.8. The Balaban J connectivity index is 1.02. The average Bonchev–Trinajstić information content (AvgIpc) is 4.13. The minimum atomic E-state index is -3.94. The van der Waals surface area contributed by atoms with Crippen LogP contribution < -0.4 is 25.7 Å². The summed E-state index contributed by atoms with van der Waals surface area (Å²) in [6, 6.07) is 2.55. The van der Waals surface area contributed by atoms with Gasteiger partial charge in [0.25, 0.3) is 17.4 Å². The molecule has 4 fully saturated rings. The number of aromatic amines is 1. The standard InChI is InChI=1S/C41H58F2N6O9S/c1-8-23-15-19-49(30(23)33(50)47-40(22-25(40)9-2)36(53)48-59(55,56)39(6)17-18-39)35(52)32(38(3,4)5)46-37(54)58-29-20-24(29)12-10-11-16-41(42,43)31-34(51)45-28-21-26(57-7)13-14-27(28)44-31/h13-14,21,23-25,29-30,32H,8-12,15-20,22H2,1-7H3,(H,45,51)(H,46,54)(H,47,50)(H,48,53)/t23-,24-,25-,29?,30+,32?,40?/m1/s1. The number of halogens is 2. The highest BCUT2D eigenvalue weighted by Gasteiger charge is 2.63. The normalized spacial score (nSPS) is 26.5. The molecule has 3 unspecified atom stereocenters. The molecule has 15 nitrogen and oxygen atoms in total. The minimum absolute atomic E-state index is 0.0478. The molecular weight excluding hydrogens is 791 g/mol. The van der Waals surface area contributed by atoms with Gasteiger partial charge in [0, 0.05) is 19.0 Å². The van der Waals surface area contributed by atoms with Crippen LogP contribution >= 0.6 is 0 Å². The van der Waals surface area contributed by atoms with Gasteiger partial charge in [-0.2, -0.15) is 8.78 Å². The van der Waals surface area contributed by atoms with E-state index in [2.05, 4.69) is 25.3 Å². The Bertz CT molecular complexity index is 2140. The Kier molecular flexibility index (Phi) is 12.2. The molecule has 1 aliphatic heterocycles. The number of H-pyrrole nitrogens is 1. The van der Waals surface area contributed by atoms with Gasteiger partial charge in [-0.25, -0.2) is 18.2 Å². The molecule has 0 bridgehead atoms. The molecule has 1 aromatic carbocycles. The number of aromatic nitrogens is 2. The smallest absolute Gasteiger partial charge is 0.408 e. The first-order chi connectivity index (χ1) is 27.6. The number of benzene rings is 1. The number of alkyl halides is 2. The van der Waals surface area contributed by atoms with Crippen molar-refractivity contribution in [1.82, 2.24) is 30.2 Å². The number of carbonyl (C=O) groups is 4. The molecule has 6 rings (SSSR count). The van der Waals surface area contributed by atoms with E-state index in [-0.39, 0.29) is 42.7 Å². The van der Waals surface area contributed by atoms with Gasteiger partial charge in [0.1, 0.15) is 29.5 Å². The van der Waals surface area contributed by atoms with Crippen LogP contribution in [0.1, 0.15) is 118 Å². The number of hydrogen-bond acceptors (Lipinski definition) is 10. The summed E-state index contributed by atoms with van der Waals surface area (Å²) in [7, 11) is -2.49. The number of fused-ring (bicyclic) bond motifs is 1. The monoisotopic (exact) mass is 848 g/mol. The zero-order valence-electron chi connectivity index (χ0n) is 34.9. The third kappa shape index (κ3) is 9.21. The molecule has 3 aliphatic carbocycles. The van der Waals surface area contributed by atoms with E-state index in [9.17, 15) is 32.4 Å². The van der Waals surface area contributed by atoms with E-state index >= 15 is 8.78 Å². The number of unbranched alkanes of at least 4 members (excludes halogenated alkanes) is 1. The number of nitrogens with zero attached hydrogens (tertiary/aromatic N) is 2. The van der Waals surface area contributed by atoms with Crippen molar-refractivity contribution in [2.75, 3.05) is 13.7 Å². The van der Waals surface area contributed by atoms with Gasteiger partial charge in [-0.3, -0.25) is 23.9 Å². The molecule has 18 heteroatoms. The summed E-state index contributed by atoms with van der Waals surface area (Å²) in [4.78, 5) is 75.5. The zero-order chi connectivity index (χ0) is 43.3. The third-order valence-corrected chi connectivity index (χ3v) is 15.0. The number of ether oxygens (including phenoxy) is 2. The number of rotatable bonds is 17. The van der Waals surface area contributed by atoms with Crippen LogP contribution in [0.2, 0.25) is 0 Å². The average molecular weight is 849 g/mol. The number of sulfonamides is 1. The predicted molar refractivity (Wildman–Crippen MR) is 214 cm³/mol. The maximum atomic E-state index is 15.1. The molecule has 7 atom stereocenters. The fraction of sp³-hybridized carbons (Fsp3) is 0.707. The highest BCUT2D eigenvalue weighted by atomic mass is 32.2. The molecule has 326 valence electrons. The first-order valence-electron chi connectivity index (χ1n) is 20.7. The van der Waals surface area contributed by atoms with Crippen molar-refractivity contribution in [3.8, 4) is 5.75 Å². The van der Waals surface area contributed by atoms with Gasteiger partial charge in [0.15, 0.2) is 5.69 Å². The summed E-state index contributed by atoms with van der Waals surface area (Å²) in [6.07, 6.45) is 2.50. The second-order valence-electron chi connectivity index (χ2n) is 18.2. The van der Waals surface area contributed by atoms with Gasteiger partial charge < -0.3 is 30.0 Å². The number of likely N-dealkylation sites (tertiary alicyclic amines) is 1. The van der Waals surface area contributed by atoms with E-state index in [0.29, 0.717) is 62.6 Å². The number of carbonyl (C=O) groups excluding carboxylic acids is 4. The van der Waals surface area contributed by atoms with Crippen molar-refractivity contribution < 1.29 is 45.9 Å². The fourth-order valence-corrected chi connectivity index (χ4v) is 9.67. The van der Waals surface area contributed by atoms with Crippen molar-refractivity contribution in [1.29, 1.82) is 0 Å². The van der Waals surface area contributed by atoms with Crippen LogP contribution in [0.4, 0.5) is 13.6 Å². The van der Waals surface area contributed by atoms with Gasteiger partial charge in [-0.15, -0.1) is 0 Å². The quantitative estimate of drug-likeness (QED) is 0.156. The maximum absolute atomic E-state index is 15.1. The lowest BCUT2D eigenvalue weighted by Gasteiger charge is -2.36. The Hall–Kier alpha value is -4.35. The van der Waals surface area contributed by atoms with Crippen molar-refractivity contribution in [2.45, 2.75) is 147 Å². The second-order valence-corrected chi connectivity index (χ2v) is 20.4. The summed E-state index contributed by atoms with van der Waals surface area (Å²) in [5.41, 5.74) is -3.51. The van der Waals surface area contributed by atoms with Crippen LogP contribution in [0.25, 0.3) is 11.0 Å². The number of methoxy groups -OCH3 is 1. The van der Waals surface area contributed by atoms with Crippen LogP contribution in [0.3, 0.4) is 0 Å². The first-order valence-corrected chi connectivity index (χ1v) is 22.2.